The van der Waals surface area contributed by atoms with E-state index in [0.717, 1.165) is 23.4 Å². The van der Waals surface area contributed by atoms with E-state index < -0.39 is 0 Å². The van der Waals surface area contributed by atoms with Crippen LogP contribution >= 0.6 is 12.4 Å². The van der Waals surface area contributed by atoms with E-state index in [1.165, 1.54) is 12.1 Å². The molecule has 0 aromatic heterocycles. The van der Waals surface area contributed by atoms with Crippen LogP contribution < -0.4 is 10.6 Å². The van der Waals surface area contributed by atoms with E-state index in [1.54, 1.807) is 6.07 Å². The molecule has 2 aromatic carbocycles. The van der Waals surface area contributed by atoms with Gasteiger partial charge in [-0.2, -0.15) is 0 Å². The largest absolute Gasteiger partial charge is 0.333 e. The molecule has 0 spiro atoms. The van der Waals surface area contributed by atoms with Crippen LogP contribution in [0.25, 0.3) is 0 Å². The van der Waals surface area contributed by atoms with Gasteiger partial charge in [-0.15, -0.1) is 12.4 Å². The summed E-state index contributed by atoms with van der Waals surface area (Å²) in [6.45, 7) is 1.90. The minimum absolute atomic E-state index is 0. The zero-order valence-electron chi connectivity index (χ0n) is 16.1. The molecule has 154 valence electrons. The van der Waals surface area contributed by atoms with E-state index in [1.807, 2.05) is 35.2 Å². The molecular formula is C22H25ClFN3O2. The minimum Gasteiger partial charge on any atom is -0.333 e. The van der Waals surface area contributed by atoms with Gasteiger partial charge in [-0.05, 0) is 42.2 Å². The summed E-state index contributed by atoms with van der Waals surface area (Å²) in [5, 5.41) is 6.22. The predicted molar refractivity (Wildman–Crippen MR) is 112 cm³/mol. The molecule has 1 saturated heterocycles. The van der Waals surface area contributed by atoms with Gasteiger partial charge in [0.1, 0.15) is 5.82 Å². The molecule has 2 aliphatic heterocycles. The number of amides is 2. The average Bonchev–Trinajstić information content (AvgIpc) is 2.72. The monoisotopic (exact) mass is 417 g/mol. The first-order chi connectivity index (χ1) is 13.6. The Kier molecular flexibility index (Phi) is 6.87. The van der Waals surface area contributed by atoms with Crippen LogP contribution in [0.2, 0.25) is 0 Å². The van der Waals surface area contributed by atoms with Crippen molar-refractivity contribution < 1.29 is 14.0 Å². The van der Waals surface area contributed by atoms with E-state index in [-0.39, 0.29) is 42.0 Å². The average molecular weight is 418 g/mol. The van der Waals surface area contributed by atoms with Crippen molar-refractivity contribution in [1.29, 1.82) is 0 Å². The van der Waals surface area contributed by atoms with E-state index in [9.17, 15) is 14.0 Å². The lowest BCUT2D eigenvalue weighted by Gasteiger charge is -2.37. The number of nitrogens with zero attached hydrogens (tertiary/aromatic N) is 1. The SMILES string of the molecule is Cl.O=C1Nc2ccccc2CC1CCC(=O)N1CCNCC1c1cccc(F)c1. The van der Waals surface area contributed by atoms with Crippen molar-refractivity contribution in [1.82, 2.24) is 10.2 Å². The molecule has 2 amide bonds. The Morgan fingerprint density at radius 3 is 2.83 bits per heavy atom. The highest BCUT2D eigenvalue weighted by Gasteiger charge is 2.30. The van der Waals surface area contributed by atoms with Gasteiger partial charge in [0.15, 0.2) is 0 Å². The molecule has 5 nitrogen and oxygen atoms in total. The van der Waals surface area contributed by atoms with Gasteiger partial charge in [-0.1, -0.05) is 30.3 Å². The van der Waals surface area contributed by atoms with Crippen molar-refractivity contribution in [2.45, 2.75) is 25.3 Å². The van der Waals surface area contributed by atoms with Crippen molar-refractivity contribution in [3.8, 4) is 0 Å². The fourth-order valence-corrected chi connectivity index (χ4v) is 4.10. The molecule has 2 aromatic rings. The Balaban J connectivity index is 0.00000240. The first-order valence-electron chi connectivity index (χ1n) is 9.76. The van der Waals surface area contributed by atoms with Gasteiger partial charge in [0, 0.05) is 37.7 Å². The summed E-state index contributed by atoms with van der Waals surface area (Å²) in [6.07, 6.45) is 1.48. The fourth-order valence-electron chi connectivity index (χ4n) is 4.10. The van der Waals surface area contributed by atoms with Crippen LogP contribution in [-0.2, 0) is 16.0 Å². The number of rotatable bonds is 4. The number of fused-ring (bicyclic) bond motifs is 1. The highest BCUT2D eigenvalue weighted by atomic mass is 35.5. The van der Waals surface area contributed by atoms with Gasteiger partial charge >= 0.3 is 0 Å². The molecule has 2 heterocycles. The highest BCUT2D eigenvalue weighted by molar-refractivity contribution is 5.96. The third kappa shape index (κ3) is 4.77. The molecule has 2 unspecified atom stereocenters. The number of anilines is 1. The lowest BCUT2D eigenvalue weighted by molar-refractivity contribution is -0.135. The maximum Gasteiger partial charge on any atom is 0.227 e. The Morgan fingerprint density at radius 1 is 1.17 bits per heavy atom. The molecule has 2 N–H and O–H groups in total. The van der Waals surface area contributed by atoms with E-state index in [4.69, 9.17) is 0 Å². The zero-order valence-corrected chi connectivity index (χ0v) is 16.9. The number of para-hydroxylation sites is 1. The lowest BCUT2D eigenvalue weighted by Crippen LogP contribution is -2.48. The summed E-state index contributed by atoms with van der Waals surface area (Å²) < 4.78 is 13.6. The van der Waals surface area contributed by atoms with E-state index in [2.05, 4.69) is 10.6 Å². The van der Waals surface area contributed by atoms with Crippen LogP contribution in [0.3, 0.4) is 0 Å². The number of benzene rings is 2. The smallest absolute Gasteiger partial charge is 0.227 e. The Labute approximate surface area is 176 Å². The third-order valence-corrected chi connectivity index (χ3v) is 5.62. The van der Waals surface area contributed by atoms with Crippen LogP contribution in [0.1, 0.15) is 30.0 Å². The van der Waals surface area contributed by atoms with Crippen LogP contribution in [0, 0.1) is 11.7 Å². The molecule has 29 heavy (non-hydrogen) atoms. The second-order valence-corrected chi connectivity index (χ2v) is 7.45. The Morgan fingerprint density at radius 2 is 2.00 bits per heavy atom. The van der Waals surface area contributed by atoms with E-state index >= 15 is 0 Å². The predicted octanol–water partition coefficient (Wildman–Crippen LogP) is 3.31. The van der Waals surface area contributed by atoms with Gasteiger partial charge in [0.05, 0.1) is 6.04 Å². The molecule has 0 aliphatic carbocycles. The fraction of sp³-hybridized carbons (Fsp3) is 0.364. The van der Waals surface area contributed by atoms with Crippen LogP contribution in [-0.4, -0.2) is 36.3 Å². The summed E-state index contributed by atoms with van der Waals surface area (Å²) in [6, 6.07) is 14.0. The summed E-state index contributed by atoms with van der Waals surface area (Å²) in [5.74, 6) is -0.502. The molecule has 0 bridgehead atoms. The van der Waals surface area contributed by atoms with Gasteiger partial charge < -0.3 is 15.5 Å². The van der Waals surface area contributed by atoms with Gasteiger partial charge in [-0.3, -0.25) is 9.59 Å². The number of halogens is 2. The Hall–Kier alpha value is -2.44. The van der Waals surface area contributed by atoms with Gasteiger partial charge in [0.25, 0.3) is 0 Å². The molecular weight excluding hydrogens is 393 g/mol. The zero-order chi connectivity index (χ0) is 19.5. The standard InChI is InChI=1S/C22H24FN3O2.ClH/c23-18-6-3-5-16(13-18)20-14-24-10-11-26(20)21(27)9-8-17-12-15-4-1-2-7-19(15)25-22(17)28;/h1-7,13,17,20,24H,8-12,14H2,(H,25,28);1H. The number of carbonyl (C=O) groups excluding carboxylic acids is 2. The highest BCUT2D eigenvalue weighted by Crippen LogP contribution is 2.29. The molecule has 7 heteroatoms. The normalized spacial score (nSPS) is 21.0. The maximum absolute atomic E-state index is 13.6. The molecule has 2 atom stereocenters. The topological polar surface area (TPSA) is 61.4 Å². The first-order valence-corrected chi connectivity index (χ1v) is 9.76. The quantitative estimate of drug-likeness (QED) is 0.802. The number of nitrogens with one attached hydrogen (secondary N) is 2. The first kappa shape index (κ1) is 21.3. The summed E-state index contributed by atoms with van der Waals surface area (Å²) >= 11 is 0. The van der Waals surface area contributed by atoms with Crippen LogP contribution in [0.4, 0.5) is 10.1 Å². The Bertz CT molecular complexity index is 892. The molecule has 2 aliphatic rings. The summed E-state index contributed by atoms with van der Waals surface area (Å²) in [4.78, 5) is 27.1. The number of hydrogen-bond acceptors (Lipinski definition) is 3. The van der Waals surface area contributed by atoms with Crippen LogP contribution in [0.15, 0.2) is 48.5 Å². The third-order valence-electron chi connectivity index (χ3n) is 5.62. The maximum atomic E-state index is 13.6. The van der Waals surface area contributed by atoms with Crippen molar-refractivity contribution in [3.05, 3.63) is 65.5 Å². The summed E-state index contributed by atoms with van der Waals surface area (Å²) in [7, 11) is 0. The number of hydrogen-bond donors (Lipinski definition) is 2. The lowest BCUT2D eigenvalue weighted by atomic mass is 9.89. The summed E-state index contributed by atoms with van der Waals surface area (Å²) in [5.41, 5.74) is 2.77. The van der Waals surface area contributed by atoms with Gasteiger partial charge in [-0.25, -0.2) is 4.39 Å². The minimum atomic E-state index is -0.298. The molecule has 1 fully saturated rings. The second-order valence-electron chi connectivity index (χ2n) is 7.45. The number of carbonyl (C=O) groups is 2. The van der Waals surface area contributed by atoms with Crippen LogP contribution in [0.5, 0.6) is 0 Å². The van der Waals surface area contributed by atoms with Crippen molar-refractivity contribution >= 4 is 29.9 Å². The van der Waals surface area contributed by atoms with Crippen molar-refractivity contribution in [2.75, 3.05) is 25.0 Å². The van der Waals surface area contributed by atoms with Crippen molar-refractivity contribution in [2.24, 2.45) is 5.92 Å². The molecule has 4 rings (SSSR count). The molecule has 0 radical (unpaired) electrons. The van der Waals surface area contributed by atoms with E-state index in [0.29, 0.717) is 32.4 Å². The second kappa shape index (κ2) is 9.37. The molecule has 0 saturated carbocycles. The number of piperazine rings is 1. The van der Waals surface area contributed by atoms with Crippen molar-refractivity contribution in [3.63, 3.8) is 0 Å². The van der Waals surface area contributed by atoms with Gasteiger partial charge in [0.2, 0.25) is 11.8 Å².